The van der Waals surface area contributed by atoms with Gasteiger partial charge in [0.25, 0.3) is 0 Å². The van der Waals surface area contributed by atoms with E-state index in [-0.39, 0.29) is 12.5 Å². The van der Waals surface area contributed by atoms with Crippen LogP contribution in [-0.2, 0) is 4.79 Å². The van der Waals surface area contributed by atoms with Gasteiger partial charge in [0.1, 0.15) is 6.54 Å². The predicted molar refractivity (Wildman–Crippen MR) is 87.4 cm³/mol. The van der Waals surface area contributed by atoms with E-state index < -0.39 is 0 Å². The third-order valence-electron chi connectivity index (χ3n) is 3.53. The molecule has 0 spiro atoms. The van der Waals surface area contributed by atoms with Crippen molar-refractivity contribution in [2.75, 3.05) is 33.4 Å². The first-order valence-corrected chi connectivity index (χ1v) is 8.59. The average molecular weight is 300 g/mol. The number of nitrogens with zero attached hydrogens (tertiary/aromatic N) is 2. The van der Waals surface area contributed by atoms with Gasteiger partial charge in [-0.05, 0) is 19.1 Å². The molecule has 0 aromatic carbocycles. The second kappa shape index (κ2) is 9.10. The van der Waals surface area contributed by atoms with Crippen LogP contribution < -0.4 is 10.6 Å². The van der Waals surface area contributed by atoms with Crippen LogP contribution in [0.15, 0.2) is 4.99 Å². The van der Waals surface area contributed by atoms with Crippen molar-refractivity contribution >= 4 is 23.6 Å². The van der Waals surface area contributed by atoms with E-state index in [1.807, 2.05) is 11.8 Å². The van der Waals surface area contributed by atoms with Crippen LogP contribution in [0, 0.1) is 0 Å². The summed E-state index contributed by atoms with van der Waals surface area (Å²) in [5.41, 5.74) is 0. The second-order valence-electron chi connectivity index (χ2n) is 5.51. The first kappa shape index (κ1) is 17.1. The molecule has 1 amide bonds. The summed E-state index contributed by atoms with van der Waals surface area (Å²) in [6.45, 7) is 3.23. The van der Waals surface area contributed by atoms with Crippen LogP contribution in [0.4, 0.5) is 0 Å². The van der Waals surface area contributed by atoms with E-state index in [1.165, 1.54) is 25.7 Å². The first-order valence-electron chi connectivity index (χ1n) is 7.30. The molecule has 1 aliphatic rings. The van der Waals surface area contributed by atoms with Gasteiger partial charge < -0.3 is 15.5 Å². The van der Waals surface area contributed by atoms with Gasteiger partial charge in [-0.25, -0.2) is 4.99 Å². The highest BCUT2D eigenvalue weighted by molar-refractivity contribution is 7.99. The van der Waals surface area contributed by atoms with Gasteiger partial charge in [-0.3, -0.25) is 4.79 Å². The Morgan fingerprint density at radius 1 is 1.40 bits per heavy atom. The van der Waals surface area contributed by atoms with Crippen LogP contribution in [0.5, 0.6) is 0 Å². The number of nitrogens with one attached hydrogen (secondary N) is 2. The van der Waals surface area contributed by atoms with Gasteiger partial charge in [0.05, 0.1) is 0 Å². The summed E-state index contributed by atoms with van der Waals surface area (Å²) in [6.07, 6.45) is 7.05. The molecule has 0 aromatic rings. The highest BCUT2D eigenvalue weighted by Gasteiger charge is 2.16. The van der Waals surface area contributed by atoms with Crippen LogP contribution in [0.2, 0.25) is 0 Å². The molecule has 1 aliphatic carbocycles. The summed E-state index contributed by atoms with van der Waals surface area (Å²) in [7, 11) is 3.51. The Morgan fingerprint density at radius 3 is 2.60 bits per heavy atom. The number of rotatable bonds is 6. The van der Waals surface area contributed by atoms with Crippen molar-refractivity contribution in [3.05, 3.63) is 0 Å². The van der Waals surface area contributed by atoms with Crippen molar-refractivity contribution in [2.45, 2.75) is 43.9 Å². The van der Waals surface area contributed by atoms with Crippen LogP contribution in [-0.4, -0.2) is 61.5 Å². The highest BCUT2D eigenvalue weighted by Crippen LogP contribution is 2.17. The number of thioether (sulfide) groups is 1. The van der Waals surface area contributed by atoms with Gasteiger partial charge in [0.15, 0.2) is 5.96 Å². The minimum Gasteiger partial charge on any atom is -0.355 e. The molecule has 6 heteroatoms. The first-order chi connectivity index (χ1) is 9.52. The van der Waals surface area contributed by atoms with E-state index in [0.29, 0.717) is 11.3 Å². The standard InChI is InChI=1S/C14H28N4OS/c1-11(20-4)9-15-14(16-10-13(19)18(2)3)17-12-7-5-6-8-12/h11-12H,5-10H2,1-4H3,(H2,15,16,17). The van der Waals surface area contributed by atoms with Crippen molar-refractivity contribution in [3.8, 4) is 0 Å². The molecule has 0 saturated heterocycles. The van der Waals surface area contributed by atoms with Gasteiger partial charge in [-0.2, -0.15) is 11.8 Å². The average Bonchev–Trinajstić information content (AvgIpc) is 2.93. The second-order valence-corrected chi connectivity index (χ2v) is 6.78. The lowest BCUT2D eigenvalue weighted by molar-refractivity contribution is -0.127. The predicted octanol–water partition coefficient (Wildman–Crippen LogP) is 1.30. The largest absolute Gasteiger partial charge is 0.355 e. The zero-order chi connectivity index (χ0) is 15.0. The van der Waals surface area contributed by atoms with E-state index in [0.717, 1.165) is 12.5 Å². The van der Waals surface area contributed by atoms with Gasteiger partial charge in [-0.15, -0.1) is 0 Å². The summed E-state index contributed by atoms with van der Waals surface area (Å²) < 4.78 is 0. The third kappa shape index (κ3) is 6.50. The SMILES string of the molecule is CSC(C)CNC(=NCC(=O)N(C)C)NC1CCCC1. The fourth-order valence-corrected chi connectivity index (χ4v) is 2.28. The van der Waals surface area contributed by atoms with Gasteiger partial charge in [0, 0.05) is 31.9 Å². The van der Waals surface area contributed by atoms with Crippen molar-refractivity contribution < 1.29 is 4.79 Å². The zero-order valence-corrected chi connectivity index (χ0v) is 13.9. The molecule has 2 N–H and O–H groups in total. The van der Waals surface area contributed by atoms with E-state index in [4.69, 9.17) is 0 Å². The van der Waals surface area contributed by atoms with Crippen molar-refractivity contribution in [1.82, 2.24) is 15.5 Å². The topological polar surface area (TPSA) is 56.7 Å². The molecule has 0 aromatic heterocycles. The Hall–Kier alpha value is -0.910. The monoisotopic (exact) mass is 300 g/mol. The smallest absolute Gasteiger partial charge is 0.243 e. The molecule has 0 heterocycles. The number of hydrogen-bond acceptors (Lipinski definition) is 3. The lowest BCUT2D eigenvalue weighted by atomic mass is 10.2. The normalized spacial score (nSPS) is 17.9. The lowest BCUT2D eigenvalue weighted by Crippen LogP contribution is -2.44. The molecule has 0 radical (unpaired) electrons. The molecular weight excluding hydrogens is 272 g/mol. The number of likely N-dealkylation sites (N-methyl/N-ethyl adjacent to an activating group) is 1. The van der Waals surface area contributed by atoms with Crippen molar-refractivity contribution in [3.63, 3.8) is 0 Å². The molecule has 116 valence electrons. The van der Waals surface area contributed by atoms with E-state index >= 15 is 0 Å². The fraction of sp³-hybridized carbons (Fsp3) is 0.857. The minimum atomic E-state index is 0.0236. The molecule has 1 saturated carbocycles. The minimum absolute atomic E-state index is 0.0236. The number of amides is 1. The molecule has 1 fully saturated rings. The number of carbonyl (C=O) groups is 1. The zero-order valence-electron chi connectivity index (χ0n) is 13.1. The third-order valence-corrected chi connectivity index (χ3v) is 4.50. The Labute approximate surface area is 127 Å². The molecular formula is C14H28N4OS. The van der Waals surface area contributed by atoms with Gasteiger partial charge in [0.2, 0.25) is 5.91 Å². The Balaban J connectivity index is 2.52. The Kier molecular flexibility index (Phi) is 7.80. The maximum absolute atomic E-state index is 11.6. The summed E-state index contributed by atoms with van der Waals surface area (Å²) in [4.78, 5) is 17.6. The van der Waals surface area contributed by atoms with Crippen LogP contribution >= 0.6 is 11.8 Å². The lowest BCUT2D eigenvalue weighted by Gasteiger charge is -2.19. The van der Waals surface area contributed by atoms with Gasteiger partial charge in [-0.1, -0.05) is 19.8 Å². The number of hydrogen-bond donors (Lipinski definition) is 2. The summed E-state index contributed by atoms with van der Waals surface area (Å²) in [6, 6.07) is 0.500. The molecule has 0 aliphatic heterocycles. The summed E-state index contributed by atoms with van der Waals surface area (Å²) in [5, 5.41) is 7.31. The van der Waals surface area contributed by atoms with Crippen molar-refractivity contribution in [1.29, 1.82) is 0 Å². The van der Waals surface area contributed by atoms with Crippen molar-refractivity contribution in [2.24, 2.45) is 4.99 Å². The number of aliphatic imine (C=N–C) groups is 1. The molecule has 5 nitrogen and oxygen atoms in total. The molecule has 1 atom stereocenters. The quantitative estimate of drug-likeness (QED) is 0.573. The maximum atomic E-state index is 11.6. The van der Waals surface area contributed by atoms with Crippen LogP contribution in [0.1, 0.15) is 32.6 Å². The van der Waals surface area contributed by atoms with Crippen LogP contribution in [0.3, 0.4) is 0 Å². The van der Waals surface area contributed by atoms with E-state index in [2.05, 4.69) is 28.8 Å². The molecule has 0 bridgehead atoms. The number of guanidine groups is 1. The molecule has 1 unspecified atom stereocenters. The number of carbonyl (C=O) groups excluding carboxylic acids is 1. The van der Waals surface area contributed by atoms with E-state index in [9.17, 15) is 4.79 Å². The fourth-order valence-electron chi connectivity index (χ4n) is 2.03. The molecule has 20 heavy (non-hydrogen) atoms. The Bertz CT molecular complexity index is 327. The van der Waals surface area contributed by atoms with E-state index in [1.54, 1.807) is 19.0 Å². The summed E-state index contributed by atoms with van der Waals surface area (Å²) in [5.74, 6) is 0.795. The maximum Gasteiger partial charge on any atom is 0.243 e. The molecule has 1 rings (SSSR count). The summed E-state index contributed by atoms with van der Waals surface area (Å²) >= 11 is 1.82. The Morgan fingerprint density at radius 2 is 2.05 bits per heavy atom. The van der Waals surface area contributed by atoms with Gasteiger partial charge >= 0.3 is 0 Å². The highest BCUT2D eigenvalue weighted by atomic mass is 32.2. The van der Waals surface area contributed by atoms with Crippen LogP contribution in [0.25, 0.3) is 0 Å².